The van der Waals surface area contributed by atoms with Crippen molar-refractivity contribution in [2.45, 2.75) is 10.6 Å². The van der Waals surface area contributed by atoms with Gasteiger partial charge in [0.2, 0.25) is 0 Å². The van der Waals surface area contributed by atoms with Gasteiger partial charge in [-0.05, 0) is 36.1 Å². The average molecular weight is 291 g/mol. The van der Waals surface area contributed by atoms with E-state index in [4.69, 9.17) is 10.00 Å². The lowest BCUT2D eigenvalue weighted by Gasteiger charge is -2.05. The van der Waals surface area contributed by atoms with E-state index < -0.39 is 10.8 Å². The Balaban J connectivity index is 1.75. The maximum absolute atomic E-state index is 11.8. The average Bonchev–Trinajstić information content (AvgIpc) is 2.98. The van der Waals surface area contributed by atoms with Crippen molar-refractivity contribution in [3.05, 3.63) is 47.3 Å². The molecule has 0 radical (unpaired) electrons. The lowest BCUT2D eigenvalue weighted by molar-refractivity contribution is 0.318. The van der Waals surface area contributed by atoms with Crippen molar-refractivity contribution in [1.82, 2.24) is 0 Å². The van der Waals surface area contributed by atoms with E-state index in [1.165, 1.54) is 11.3 Å². The first-order valence-electron chi connectivity index (χ1n) is 5.84. The molecule has 5 heteroatoms. The molecule has 1 aromatic carbocycles. The summed E-state index contributed by atoms with van der Waals surface area (Å²) in [4.78, 5) is 0. The second-order valence-corrected chi connectivity index (χ2v) is 6.57. The maximum atomic E-state index is 11.8. The Labute approximate surface area is 118 Å². The van der Waals surface area contributed by atoms with Crippen LogP contribution < -0.4 is 4.74 Å². The summed E-state index contributed by atoms with van der Waals surface area (Å²) in [6.07, 6.45) is 0.724. The van der Waals surface area contributed by atoms with E-state index >= 15 is 0 Å². The van der Waals surface area contributed by atoms with Gasteiger partial charge in [0.1, 0.15) is 5.75 Å². The first-order valence-corrected chi connectivity index (χ1v) is 8.04. The smallest absolute Gasteiger partial charge is 0.120 e. The van der Waals surface area contributed by atoms with Crippen molar-refractivity contribution >= 4 is 22.1 Å². The van der Waals surface area contributed by atoms with E-state index in [0.29, 0.717) is 23.7 Å². The Morgan fingerprint density at radius 2 is 2.21 bits per heavy atom. The number of hydrogen-bond donors (Lipinski definition) is 0. The van der Waals surface area contributed by atoms with Crippen molar-refractivity contribution in [1.29, 1.82) is 5.26 Å². The van der Waals surface area contributed by atoms with E-state index in [9.17, 15) is 4.21 Å². The monoisotopic (exact) mass is 291 g/mol. The van der Waals surface area contributed by atoms with E-state index in [1.807, 2.05) is 23.6 Å². The molecule has 0 saturated carbocycles. The summed E-state index contributed by atoms with van der Waals surface area (Å²) in [5, 5.41) is 10.7. The third-order valence-electron chi connectivity index (χ3n) is 2.43. The number of hydrogen-bond acceptors (Lipinski definition) is 4. The van der Waals surface area contributed by atoms with Gasteiger partial charge in [-0.1, -0.05) is 12.1 Å². The van der Waals surface area contributed by atoms with Crippen LogP contribution in [0, 0.1) is 11.3 Å². The number of thiophene rings is 1. The standard InChI is InChI=1S/C14H13NO2S2/c15-11-12-4-1-5-13(10-12)17-7-3-9-19(16)14-6-2-8-18-14/h1-2,4-6,8,10H,3,7,9H2. The molecule has 0 aliphatic rings. The van der Waals surface area contributed by atoms with Crippen molar-refractivity contribution in [3.8, 4) is 11.8 Å². The van der Waals surface area contributed by atoms with Gasteiger partial charge in [-0.25, -0.2) is 0 Å². The second-order valence-electron chi connectivity index (χ2n) is 3.82. The molecule has 0 bridgehead atoms. The molecule has 1 aromatic heterocycles. The third-order valence-corrected chi connectivity index (χ3v) is 5.18. The summed E-state index contributed by atoms with van der Waals surface area (Å²) in [6, 6.07) is 12.9. The van der Waals surface area contributed by atoms with Crippen LogP contribution in [-0.4, -0.2) is 16.6 Å². The van der Waals surface area contributed by atoms with Gasteiger partial charge in [-0.2, -0.15) is 5.26 Å². The molecule has 2 aromatic rings. The van der Waals surface area contributed by atoms with Crippen LogP contribution >= 0.6 is 11.3 Å². The second kappa shape index (κ2) is 7.07. The molecule has 2 rings (SSSR count). The van der Waals surface area contributed by atoms with Crippen LogP contribution in [0.25, 0.3) is 0 Å². The van der Waals surface area contributed by atoms with Gasteiger partial charge in [0.25, 0.3) is 0 Å². The Bertz CT molecular complexity index is 588. The Kier molecular flexibility index (Phi) is 5.13. The van der Waals surface area contributed by atoms with Crippen LogP contribution in [0.5, 0.6) is 5.75 Å². The first-order chi connectivity index (χ1) is 9.29. The molecule has 0 saturated heterocycles. The van der Waals surface area contributed by atoms with Crippen molar-refractivity contribution < 1.29 is 8.95 Å². The number of nitrogens with zero attached hydrogens (tertiary/aromatic N) is 1. The molecular weight excluding hydrogens is 278 g/mol. The number of nitriles is 1. The Morgan fingerprint density at radius 3 is 2.95 bits per heavy atom. The van der Waals surface area contributed by atoms with Gasteiger partial charge in [0.05, 0.1) is 33.2 Å². The molecule has 1 atom stereocenters. The molecule has 0 fully saturated rings. The molecule has 98 valence electrons. The zero-order valence-electron chi connectivity index (χ0n) is 10.2. The van der Waals surface area contributed by atoms with E-state index in [0.717, 1.165) is 10.6 Å². The molecule has 0 spiro atoms. The van der Waals surface area contributed by atoms with Gasteiger partial charge in [-0.3, -0.25) is 4.21 Å². The van der Waals surface area contributed by atoms with E-state index in [2.05, 4.69) is 6.07 Å². The quantitative estimate of drug-likeness (QED) is 0.768. The highest BCUT2D eigenvalue weighted by Gasteiger charge is 2.04. The van der Waals surface area contributed by atoms with E-state index in [-0.39, 0.29) is 0 Å². The summed E-state index contributed by atoms with van der Waals surface area (Å²) in [6.45, 7) is 0.506. The molecule has 3 nitrogen and oxygen atoms in total. The van der Waals surface area contributed by atoms with Crippen LogP contribution in [0.1, 0.15) is 12.0 Å². The van der Waals surface area contributed by atoms with Crippen LogP contribution in [0.4, 0.5) is 0 Å². The number of ether oxygens (including phenoxy) is 1. The van der Waals surface area contributed by atoms with Crippen molar-refractivity contribution in [2.75, 3.05) is 12.4 Å². The fourth-order valence-corrected chi connectivity index (χ4v) is 3.64. The molecule has 0 amide bonds. The summed E-state index contributed by atoms with van der Waals surface area (Å²) in [5.74, 6) is 1.28. The summed E-state index contributed by atoms with van der Waals surface area (Å²) in [7, 11) is -0.930. The topological polar surface area (TPSA) is 50.1 Å². The van der Waals surface area contributed by atoms with Crippen LogP contribution in [0.15, 0.2) is 46.0 Å². The largest absolute Gasteiger partial charge is 0.494 e. The minimum Gasteiger partial charge on any atom is -0.494 e. The molecule has 1 unspecified atom stereocenters. The van der Waals surface area contributed by atoms with Crippen LogP contribution in [0.2, 0.25) is 0 Å². The van der Waals surface area contributed by atoms with Gasteiger partial charge in [0.15, 0.2) is 0 Å². The fraction of sp³-hybridized carbons (Fsp3) is 0.214. The molecule has 0 aliphatic carbocycles. The zero-order chi connectivity index (χ0) is 13.5. The molecule has 0 N–H and O–H groups in total. The van der Waals surface area contributed by atoms with Crippen LogP contribution in [0.3, 0.4) is 0 Å². The summed E-state index contributed by atoms with van der Waals surface area (Å²) < 4.78 is 18.3. The highest BCUT2D eigenvalue weighted by atomic mass is 32.2. The van der Waals surface area contributed by atoms with Gasteiger partial charge in [-0.15, -0.1) is 11.3 Å². The predicted octanol–water partition coefficient (Wildman–Crippen LogP) is 3.20. The first kappa shape index (κ1) is 13.8. The Hall–Kier alpha value is -1.64. The summed E-state index contributed by atoms with van der Waals surface area (Å²) in [5.41, 5.74) is 0.583. The normalized spacial score (nSPS) is 11.7. The lowest BCUT2D eigenvalue weighted by atomic mass is 10.2. The zero-order valence-corrected chi connectivity index (χ0v) is 11.9. The highest BCUT2D eigenvalue weighted by Crippen LogP contribution is 2.15. The SMILES string of the molecule is N#Cc1cccc(OCCCS(=O)c2cccs2)c1. The Morgan fingerprint density at radius 1 is 1.32 bits per heavy atom. The van der Waals surface area contributed by atoms with Crippen molar-refractivity contribution in [2.24, 2.45) is 0 Å². The number of benzene rings is 1. The minimum atomic E-state index is -0.930. The van der Waals surface area contributed by atoms with Gasteiger partial charge < -0.3 is 4.74 Å². The number of rotatable bonds is 6. The van der Waals surface area contributed by atoms with Gasteiger partial charge in [0, 0.05) is 5.75 Å². The molecular formula is C14H13NO2S2. The van der Waals surface area contributed by atoms with Crippen molar-refractivity contribution in [3.63, 3.8) is 0 Å². The summed E-state index contributed by atoms with van der Waals surface area (Å²) >= 11 is 1.51. The van der Waals surface area contributed by atoms with Gasteiger partial charge >= 0.3 is 0 Å². The molecule has 1 heterocycles. The maximum Gasteiger partial charge on any atom is 0.120 e. The predicted molar refractivity (Wildman–Crippen MR) is 76.9 cm³/mol. The minimum absolute atomic E-state index is 0.506. The highest BCUT2D eigenvalue weighted by molar-refractivity contribution is 7.87. The van der Waals surface area contributed by atoms with E-state index in [1.54, 1.807) is 18.2 Å². The third kappa shape index (κ3) is 4.19. The fourth-order valence-electron chi connectivity index (χ4n) is 1.53. The molecule has 19 heavy (non-hydrogen) atoms. The molecule has 0 aliphatic heterocycles. The lowest BCUT2D eigenvalue weighted by Crippen LogP contribution is -2.04. The van der Waals surface area contributed by atoms with Crippen LogP contribution in [-0.2, 0) is 10.8 Å².